The molecule has 6 rings (SSSR count). The molecule has 3 aliphatic rings. The molecular weight excluding hydrogens is 478 g/mol. The molecule has 3 aliphatic heterocycles. The van der Waals surface area contributed by atoms with Gasteiger partial charge in [0.05, 0.1) is 25.9 Å². The Morgan fingerprint density at radius 1 is 1.11 bits per heavy atom. The molecule has 198 valence electrons. The van der Waals surface area contributed by atoms with E-state index in [2.05, 4.69) is 20.5 Å². The summed E-state index contributed by atoms with van der Waals surface area (Å²) in [5.41, 5.74) is 4.86. The van der Waals surface area contributed by atoms with Crippen LogP contribution in [0.1, 0.15) is 40.7 Å². The standard InChI is InChI=1S/C30H35N5O3/c36-30(32-12-4-21-7-13-35(14-8-21)25-19-37-20-25)24-3-1-2-22(16-24)17-33-29-26-9-15-38-28(26)27(18-34-29)23-5-10-31-11-6-23/h1-3,5-6,10-11,16,18,21,25H,4,7-9,12-15,17,19-20H2,(H,32,36)(H,33,34). The number of pyridine rings is 2. The van der Waals surface area contributed by atoms with Crippen LogP contribution >= 0.6 is 0 Å². The number of carbonyl (C=O) groups excluding carboxylic acids is 1. The van der Waals surface area contributed by atoms with Crippen LogP contribution in [-0.4, -0.2) is 66.3 Å². The topological polar surface area (TPSA) is 88.6 Å². The van der Waals surface area contributed by atoms with Crippen molar-refractivity contribution < 1.29 is 14.3 Å². The molecule has 0 bridgehead atoms. The molecule has 0 aliphatic carbocycles. The highest BCUT2D eigenvalue weighted by molar-refractivity contribution is 5.94. The van der Waals surface area contributed by atoms with E-state index in [1.165, 1.54) is 12.8 Å². The van der Waals surface area contributed by atoms with E-state index in [-0.39, 0.29) is 5.91 Å². The van der Waals surface area contributed by atoms with Crippen molar-refractivity contribution in [1.29, 1.82) is 0 Å². The number of benzene rings is 1. The third-order valence-corrected chi connectivity index (χ3v) is 7.99. The van der Waals surface area contributed by atoms with Gasteiger partial charge in [-0.25, -0.2) is 4.98 Å². The molecular formula is C30H35N5O3. The quantitative estimate of drug-likeness (QED) is 0.448. The first-order valence-electron chi connectivity index (χ1n) is 13.7. The molecule has 2 N–H and O–H groups in total. The fraction of sp³-hybridized carbons (Fsp3) is 0.433. The average Bonchev–Trinajstić information content (AvgIpc) is 3.43. The zero-order chi connectivity index (χ0) is 25.7. The summed E-state index contributed by atoms with van der Waals surface area (Å²) >= 11 is 0. The maximum atomic E-state index is 12.8. The lowest BCUT2D eigenvalue weighted by Gasteiger charge is -2.41. The molecule has 2 saturated heterocycles. The van der Waals surface area contributed by atoms with Crippen molar-refractivity contribution in [3.63, 3.8) is 0 Å². The lowest BCUT2D eigenvalue weighted by Crippen LogP contribution is -2.51. The Kier molecular flexibility index (Phi) is 7.51. The maximum Gasteiger partial charge on any atom is 0.251 e. The van der Waals surface area contributed by atoms with Gasteiger partial charge < -0.3 is 20.1 Å². The number of hydrogen-bond donors (Lipinski definition) is 2. The first-order valence-corrected chi connectivity index (χ1v) is 13.7. The van der Waals surface area contributed by atoms with Crippen LogP contribution in [0, 0.1) is 5.92 Å². The second kappa shape index (κ2) is 11.5. The first kappa shape index (κ1) is 24.8. The van der Waals surface area contributed by atoms with Gasteiger partial charge in [0.25, 0.3) is 5.91 Å². The van der Waals surface area contributed by atoms with E-state index in [0.717, 1.165) is 79.5 Å². The van der Waals surface area contributed by atoms with Gasteiger partial charge in [0.15, 0.2) is 0 Å². The number of anilines is 1. The van der Waals surface area contributed by atoms with E-state index >= 15 is 0 Å². The summed E-state index contributed by atoms with van der Waals surface area (Å²) in [5, 5.41) is 6.60. The molecule has 0 unspecified atom stereocenters. The van der Waals surface area contributed by atoms with Crippen LogP contribution in [0.3, 0.4) is 0 Å². The van der Waals surface area contributed by atoms with Gasteiger partial charge in [-0.2, -0.15) is 0 Å². The molecule has 1 amide bonds. The van der Waals surface area contributed by atoms with Gasteiger partial charge >= 0.3 is 0 Å². The molecule has 3 aromatic rings. The van der Waals surface area contributed by atoms with E-state index < -0.39 is 0 Å². The molecule has 5 heterocycles. The fourth-order valence-corrected chi connectivity index (χ4v) is 5.62. The minimum Gasteiger partial charge on any atom is -0.492 e. The van der Waals surface area contributed by atoms with E-state index in [0.29, 0.717) is 30.7 Å². The Labute approximate surface area is 223 Å². The molecule has 1 aromatic carbocycles. The van der Waals surface area contributed by atoms with Crippen LogP contribution in [0.4, 0.5) is 5.82 Å². The Hall–Kier alpha value is -3.49. The van der Waals surface area contributed by atoms with Crippen molar-refractivity contribution in [1.82, 2.24) is 20.2 Å². The monoisotopic (exact) mass is 513 g/mol. The van der Waals surface area contributed by atoms with Crippen molar-refractivity contribution in [3.05, 3.63) is 71.7 Å². The molecule has 8 heteroatoms. The van der Waals surface area contributed by atoms with Crippen LogP contribution in [-0.2, 0) is 17.7 Å². The minimum atomic E-state index is -0.00924. The lowest BCUT2D eigenvalue weighted by atomic mass is 9.92. The molecule has 0 spiro atoms. The molecule has 0 atom stereocenters. The summed E-state index contributed by atoms with van der Waals surface area (Å²) < 4.78 is 11.3. The highest BCUT2D eigenvalue weighted by Gasteiger charge is 2.29. The summed E-state index contributed by atoms with van der Waals surface area (Å²) in [6.07, 6.45) is 9.69. The second-order valence-electron chi connectivity index (χ2n) is 10.4. The van der Waals surface area contributed by atoms with E-state index in [1.54, 1.807) is 12.4 Å². The van der Waals surface area contributed by atoms with Gasteiger partial charge in [0.1, 0.15) is 11.6 Å². The molecule has 0 saturated carbocycles. The maximum absolute atomic E-state index is 12.8. The van der Waals surface area contributed by atoms with Gasteiger partial charge in [0, 0.05) is 54.8 Å². The van der Waals surface area contributed by atoms with E-state index in [1.807, 2.05) is 42.6 Å². The number of amides is 1. The number of nitrogens with zero attached hydrogens (tertiary/aromatic N) is 3. The zero-order valence-corrected chi connectivity index (χ0v) is 21.7. The van der Waals surface area contributed by atoms with Crippen molar-refractivity contribution in [2.75, 3.05) is 44.8 Å². The first-order chi connectivity index (χ1) is 18.7. The smallest absolute Gasteiger partial charge is 0.251 e. The lowest BCUT2D eigenvalue weighted by molar-refractivity contribution is -0.0739. The molecule has 8 nitrogen and oxygen atoms in total. The van der Waals surface area contributed by atoms with Gasteiger partial charge in [0.2, 0.25) is 0 Å². The van der Waals surface area contributed by atoms with Crippen molar-refractivity contribution in [2.24, 2.45) is 5.92 Å². The number of carbonyl (C=O) groups is 1. The fourth-order valence-electron chi connectivity index (χ4n) is 5.62. The zero-order valence-electron chi connectivity index (χ0n) is 21.7. The van der Waals surface area contributed by atoms with Crippen LogP contribution in [0.5, 0.6) is 5.75 Å². The second-order valence-corrected chi connectivity index (χ2v) is 10.4. The number of hydrogen-bond acceptors (Lipinski definition) is 7. The number of likely N-dealkylation sites (tertiary alicyclic amines) is 1. The van der Waals surface area contributed by atoms with Crippen molar-refractivity contribution in [3.8, 4) is 16.9 Å². The van der Waals surface area contributed by atoms with Crippen LogP contribution in [0.25, 0.3) is 11.1 Å². The van der Waals surface area contributed by atoms with Gasteiger partial charge in [-0.05, 0) is 73.7 Å². The van der Waals surface area contributed by atoms with E-state index in [9.17, 15) is 4.79 Å². The average molecular weight is 514 g/mol. The molecule has 38 heavy (non-hydrogen) atoms. The summed E-state index contributed by atoms with van der Waals surface area (Å²) in [4.78, 5) is 24.2. The summed E-state index contributed by atoms with van der Waals surface area (Å²) in [7, 11) is 0. The van der Waals surface area contributed by atoms with Gasteiger partial charge in [-0.15, -0.1) is 0 Å². The van der Waals surface area contributed by atoms with Gasteiger partial charge in [-0.3, -0.25) is 14.7 Å². The SMILES string of the molecule is O=C(NCCC1CCN(C2COC2)CC1)c1cccc(CNc2ncc(-c3ccncc3)c3c2CCO3)c1. The largest absolute Gasteiger partial charge is 0.492 e. The number of fused-ring (bicyclic) bond motifs is 1. The molecule has 2 fully saturated rings. The third-order valence-electron chi connectivity index (χ3n) is 7.99. The number of nitrogens with one attached hydrogen (secondary N) is 2. The Morgan fingerprint density at radius 3 is 2.74 bits per heavy atom. The molecule has 0 radical (unpaired) electrons. The van der Waals surface area contributed by atoms with Crippen LogP contribution < -0.4 is 15.4 Å². The highest BCUT2D eigenvalue weighted by Crippen LogP contribution is 2.39. The number of rotatable bonds is 9. The van der Waals surface area contributed by atoms with Gasteiger partial charge in [-0.1, -0.05) is 12.1 Å². The Morgan fingerprint density at radius 2 is 1.95 bits per heavy atom. The summed E-state index contributed by atoms with van der Waals surface area (Å²) in [6.45, 7) is 6.04. The number of ether oxygens (including phenoxy) is 2. The Balaban J connectivity index is 1.01. The number of piperidine rings is 1. The van der Waals surface area contributed by atoms with E-state index in [4.69, 9.17) is 14.5 Å². The van der Waals surface area contributed by atoms with Crippen LogP contribution in [0.15, 0.2) is 55.0 Å². The minimum absolute atomic E-state index is 0.00924. The highest BCUT2D eigenvalue weighted by atomic mass is 16.5. The van der Waals surface area contributed by atoms with Crippen LogP contribution in [0.2, 0.25) is 0 Å². The van der Waals surface area contributed by atoms with Crippen molar-refractivity contribution in [2.45, 2.75) is 38.3 Å². The Bertz CT molecular complexity index is 1260. The third kappa shape index (κ3) is 5.51. The normalized spacial score (nSPS) is 17.9. The molecule has 2 aromatic heterocycles. The summed E-state index contributed by atoms with van der Waals surface area (Å²) in [5.74, 6) is 2.40. The predicted octanol–water partition coefficient (Wildman–Crippen LogP) is 3.92. The predicted molar refractivity (Wildman–Crippen MR) is 146 cm³/mol. The van der Waals surface area contributed by atoms with Crippen molar-refractivity contribution >= 4 is 11.7 Å². The number of aromatic nitrogens is 2. The summed E-state index contributed by atoms with van der Waals surface area (Å²) in [6, 6.07) is 12.4.